The number of hydrogen-bond donors (Lipinski definition) is 0. The summed E-state index contributed by atoms with van der Waals surface area (Å²) in [5.74, 6) is 0.256. The van der Waals surface area contributed by atoms with Gasteiger partial charge in [0.25, 0.3) is 0 Å². The number of ether oxygens (including phenoxy) is 1. The number of nitrogens with zero attached hydrogens (tertiary/aromatic N) is 1. The van der Waals surface area contributed by atoms with Crippen molar-refractivity contribution >= 4 is 57.6 Å². The number of benzene rings is 7. The predicted molar refractivity (Wildman–Crippen MR) is 209 cm³/mol. The summed E-state index contributed by atoms with van der Waals surface area (Å²) in [5.41, 5.74) is 1.93. The lowest BCUT2D eigenvalue weighted by atomic mass is 9.82. The van der Waals surface area contributed by atoms with Crippen LogP contribution in [0.15, 0.2) is 171 Å². The highest BCUT2D eigenvalue weighted by molar-refractivity contribution is 7.31. The van der Waals surface area contributed by atoms with Crippen molar-refractivity contribution in [2.24, 2.45) is 4.99 Å². The summed E-state index contributed by atoms with van der Waals surface area (Å²) < 4.78 is 67.5. The summed E-state index contributed by atoms with van der Waals surface area (Å²) in [6.45, 7) is 0.141. The minimum atomic E-state index is -4.45. The molecule has 5 nitrogen and oxygen atoms in total. The van der Waals surface area contributed by atoms with Crippen LogP contribution in [0.1, 0.15) is 22.3 Å². The minimum Gasteiger partial charge on any atom is -0.475 e. The molecule has 9 rings (SSSR count). The molecular formula is C45H33F3NO4P. The monoisotopic (exact) mass is 739 g/mol. The maximum atomic E-state index is 13.4. The van der Waals surface area contributed by atoms with Crippen molar-refractivity contribution in [1.29, 1.82) is 0 Å². The van der Waals surface area contributed by atoms with Gasteiger partial charge in [-0.1, -0.05) is 121 Å². The fourth-order valence-corrected chi connectivity index (χ4v) is 8.73. The Hall–Kier alpha value is -5.82. The summed E-state index contributed by atoms with van der Waals surface area (Å²) in [4.78, 5) is 5.06. The number of alkyl halides is 3. The van der Waals surface area contributed by atoms with Crippen LogP contribution >= 0.6 is 8.24 Å². The van der Waals surface area contributed by atoms with E-state index >= 15 is 0 Å². The molecule has 1 aromatic heterocycles. The van der Waals surface area contributed by atoms with Crippen LogP contribution in [0.25, 0.3) is 43.5 Å². The third-order valence-electron chi connectivity index (χ3n) is 10.0. The van der Waals surface area contributed by atoms with E-state index in [0.29, 0.717) is 29.6 Å². The van der Waals surface area contributed by atoms with Gasteiger partial charge in [0.15, 0.2) is 0 Å². The van der Waals surface area contributed by atoms with E-state index < -0.39 is 31.6 Å². The molecule has 9 heteroatoms. The Balaban J connectivity index is 1.26. The van der Waals surface area contributed by atoms with Crippen molar-refractivity contribution in [3.8, 4) is 0 Å². The van der Waals surface area contributed by atoms with Crippen LogP contribution in [0.4, 0.5) is 13.2 Å². The molecule has 268 valence electrons. The highest BCUT2D eigenvalue weighted by Gasteiger charge is 2.46. The smallest absolute Gasteiger partial charge is 0.416 e. The van der Waals surface area contributed by atoms with E-state index in [-0.39, 0.29) is 12.5 Å². The molecule has 8 aromatic rings. The van der Waals surface area contributed by atoms with Crippen LogP contribution in [0, 0.1) is 0 Å². The molecule has 1 unspecified atom stereocenters. The second-order valence-electron chi connectivity index (χ2n) is 13.5. The molecule has 0 spiro atoms. The molecule has 0 saturated heterocycles. The molecule has 7 aromatic carbocycles. The van der Waals surface area contributed by atoms with Crippen molar-refractivity contribution in [2.75, 3.05) is 6.61 Å². The predicted octanol–water partition coefficient (Wildman–Crippen LogP) is 12.1. The van der Waals surface area contributed by atoms with Gasteiger partial charge in [0, 0.05) is 29.2 Å². The largest absolute Gasteiger partial charge is 0.475 e. The van der Waals surface area contributed by atoms with E-state index in [4.69, 9.17) is 22.6 Å². The minimum absolute atomic E-state index is 0.141. The van der Waals surface area contributed by atoms with Gasteiger partial charge in [-0.05, 0) is 69.1 Å². The molecule has 54 heavy (non-hydrogen) atoms. The maximum Gasteiger partial charge on any atom is 0.416 e. The zero-order valence-electron chi connectivity index (χ0n) is 28.9. The van der Waals surface area contributed by atoms with Gasteiger partial charge in [-0.3, -0.25) is 4.52 Å². The first-order valence-electron chi connectivity index (χ1n) is 17.7. The highest BCUT2D eigenvalue weighted by atomic mass is 31.1. The Labute approximate surface area is 309 Å². The molecule has 0 aliphatic carbocycles. The van der Waals surface area contributed by atoms with Crippen molar-refractivity contribution < 1.29 is 30.8 Å². The van der Waals surface area contributed by atoms with Crippen LogP contribution in [-0.2, 0) is 23.8 Å². The Morgan fingerprint density at radius 1 is 0.593 bits per heavy atom. The Bertz CT molecular complexity index is 2560. The van der Waals surface area contributed by atoms with Crippen LogP contribution in [0.2, 0.25) is 0 Å². The molecule has 2 heterocycles. The molecule has 1 aliphatic heterocycles. The van der Waals surface area contributed by atoms with Crippen LogP contribution < -0.4 is 4.52 Å². The van der Waals surface area contributed by atoms with Gasteiger partial charge in [-0.15, -0.1) is 0 Å². The summed E-state index contributed by atoms with van der Waals surface area (Å²) in [5, 5.41) is 6.06. The fraction of sp³-hybridized carbons (Fsp3) is 0.133. The normalized spacial score (nSPS) is 14.8. The molecule has 0 fully saturated rings. The van der Waals surface area contributed by atoms with Crippen molar-refractivity contribution in [3.05, 3.63) is 180 Å². The van der Waals surface area contributed by atoms with E-state index in [1.54, 1.807) is 0 Å². The number of rotatable bonds is 8. The highest BCUT2D eigenvalue weighted by Crippen LogP contribution is 2.44. The van der Waals surface area contributed by atoms with E-state index in [1.165, 1.54) is 12.1 Å². The van der Waals surface area contributed by atoms with Gasteiger partial charge < -0.3 is 13.1 Å². The first-order valence-corrected chi connectivity index (χ1v) is 18.8. The summed E-state index contributed by atoms with van der Waals surface area (Å²) >= 11 is 0. The molecule has 0 bridgehead atoms. The second-order valence-corrected chi connectivity index (χ2v) is 14.5. The SMILES string of the molecule is FC(F)(F)c1ccc(C2=NC(C(Cc3ccccc3)(Cc3ccccc3)Op3oc4ccc5ccccc5c4c4c(ccc5ccccc54)o3)CO2)cc1. The van der Waals surface area contributed by atoms with Gasteiger partial charge in [0.1, 0.15) is 29.4 Å². The van der Waals surface area contributed by atoms with E-state index in [0.717, 1.165) is 55.6 Å². The fourth-order valence-electron chi connectivity index (χ4n) is 7.45. The van der Waals surface area contributed by atoms with Crippen LogP contribution in [0.3, 0.4) is 0 Å². The number of halogens is 3. The lowest BCUT2D eigenvalue weighted by Gasteiger charge is -2.35. The molecule has 0 amide bonds. The standard InChI is InChI=1S/C45H33F3NO4P/c46-45(47,48)35-23-19-34(20-24-35)43-49-40(29-50-43)44(27-30-11-3-1-4-12-30,28-31-13-5-2-6-14-31)53-54-51-38-25-21-32-15-7-9-17-36(32)41(38)42-37-18-10-8-16-33(37)22-26-39(42)52-54/h1-26,40H,27-29H2. The van der Waals surface area contributed by atoms with E-state index in [9.17, 15) is 13.2 Å². The first-order chi connectivity index (χ1) is 26.3. The molecule has 0 radical (unpaired) electrons. The molecule has 0 N–H and O–H groups in total. The molecule has 1 aliphatic rings. The first kappa shape index (κ1) is 34.0. The average molecular weight is 740 g/mol. The molecular weight excluding hydrogens is 706 g/mol. The summed E-state index contributed by atoms with van der Waals surface area (Å²) in [6, 6.07) is 48.9. The van der Waals surface area contributed by atoms with Gasteiger partial charge in [-0.25, -0.2) is 4.99 Å². The third kappa shape index (κ3) is 6.53. The summed E-state index contributed by atoms with van der Waals surface area (Å²) in [6.07, 6.45) is -3.62. The van der Waals surface area contributed by atoms with Crippen LogP contribution in [-0.4, -0.2) is 24.1 Å². The Morgan fingerprint density at radius 2 is 1.09 bits per heavy atom. The van der Waals surface area contributed by atoms with Gasteiger partial charge in [-0.2, -0.15) is 13.2 Å². The quantitative estimate of drug-likeness (QED) is 0.156. The Kier molecular flexibility index (Phi) is 8.73. The lowest BCUT2D eigenvalue weighted by Crippen LogP contribution is -2.51. The van der Waals surface area contributed by atoms with Gasteiger partial charge >= 0.3 is 14.4 Å². The van der Waals surface area contributed by atoms with E-state index in [2.05, 4.69) is 24.3 Å². The zero-order chi connectivity index (χ0) is 36.7. The topological polar surface area (TPSA) is 57.1 Å². The second kappa shape index (κ2) is 13.9. The molecule has 1 atom stereocenters. The number of fused-ring (bicyclic) bond motifs is 7. The lowest BCUT2D eigenvalue weighted by molar-refractivity contribution is -0.137. The number of aliphatic imine (C=N–C) groups is 1. The zero-order valence-corrected chi connectivity index (χ0v) is 29.8. The van der Waals surface area contributed by atoms with Crippen molar-refractivity contribution in [3.63, 3.8) is 0 Å². The number of hydrogen-bond acceptors (Lipinski definition) is 5. The van der Waals surface area contributed by atoms with E-state index in [1.807, 2.05) is 109 Å². The third-order valence-corrected chi connectivity index (χ3v) is 11.2. The van der Waals surface area contributed by atoms with Crippen molar-refractivity contribution in [2.45, 2.75) is 30.7 Å². The van der Waals surface area contributed by atoms with Crippen LogP contribution in [0.5, 0.6) is 0 Å². The Morgan fingerprint density at radius 3 is 1.61 bits per heavy atom. The van der Waals surface area contributed by atoms with Gasteiger partial charge in [0.05, 0.1) is 5.56 Å². The maximum absolute atomic E-state index is 13.4. The van der Waals surface area contributed by atoms with Gasteiger partial charge in [0.2, 0.25) is 5.90 Å². The molecule has 0 saturated carbocycles. The van der Waals surface area contributed by atoms with Crippen molar-refractivity contribution in [1.82, 2.24) is 0 Å². The average Bonchev–Trinajstić information content (AvgIpc) is 3.64. The summed E-state index contributed by atoms with van der Waals surface area (Å²) in [7, 11) is -2.11.